The van der Waals surface area contributed by atoms with Crippen LogP contribution in [0.15, 0.2) is 0 Å². The molecule has 0 radical (unpaired) electrons. The van der Waals surface area contributed by atoms with E-state index in [4.69, 9.17) is 0 Å². The summed E-state index contributed by atoms with van der Waals surface area (Å²) in [7, 11) is 0. The molecule has 0 fully saturated rings. The first-order chi connectivity index (χ1) is 7.10. The molecular formula is C10H25N2OPSe. The summed E-state index contributed by atoms with van der Waals surface area (Å²) < 4.78 is 17.4. The van der Waals surface area contributed by atoms with Crippen LogP contribution >= 0.6 is 6.13 Å². The Kier molecular flexibility index (Phi) is 8.22. The van der Waals surface area contributed by atoms with Crippen molar-refractivity contribution < 1.29 is 4.57 Å². The fourth-order valence-corrected chi connectivity index (χ4v) is 11.2. The molecule has 0 aromatic rings. The predicted molar refractivity (Wildman–Crippen MR) is 69.7 cm³/mol. The van der Waals surface area contributed by atoms with Gasteiger partial charge in [0.05, 0.1) is 0 Å². The quantitative estimate of drug-likeness (QED) is 0.508. The summed E-state index contributed by atoms with van der Waals surface area (Å²) in [6.07, 6.45) is -2.21. The van der Waals surface area contributed by atoms with E-state index in [9.17, 15) is 4.57 Å². The molecule has 0 atom stereocenters. The summed E-state index contributed by atoms with van der Waals surface area (Å²) >= 11 is 0.227. The van der Waals surface area contributed by atoms with Crippen LogP contribution in [0.1, 0.15) is 34.6 Å². The van der Waals surface area contributed by atoms with Crippen molar-refractivity contribution in [3.63, 3.8) is 0 Å². The molecule has 0 aliphatic carbocycles. The number of hydrogen-bond acceptors (Lipinski definition) is 1. The molecule has 0 aliphatic heterocycles. The van der Waals surface area contributed by atoms with Crippen molar-refractivity contribution in [1.82, 2.24) is 9.34 Å². The van der Waals surface area contributed by atoms with Gasteiger partial charge in [0, 0.05) is 0 Å². The standard InChI is InChI=1S/C10H25N2OPSe/c1-6-11(7-2)14(13,15-10-5)12(8-3)9-4/h6-10H2,1-5H3. The number of nitrogens with zero attached hydrogens (tertiary/aromatic N) is 2. The molecule has 0 unspecified atom stereocenters. The first kappa shape index (κ1) is 15.7. The molecule has 15 heavy (non-hydrogen) atoms. The van der Waals surface area contributed by atoms with Gasteiger partial charge >= 0.3 is 101 Å². The van der Waals surface area contributed by atoms with Gasteiger partial charge in [-0.25, -0.2) is 0 Å². The van der Waals surface area contributed by atoms with Gasteiger partial charge in [-0.3, -0.25) is 0 Å². The first-order valence-electron chi connectivity index (χ1n) is 5.85. The molecule has 0 aromatic carbocycles. The number of hydrogen-bond donors (Lipinski definition) is 0. The zero-order chi connectivity index (χ0) is 11.9. The average Bonchev–Trinajstić information content (AvgIpc) is 2.21. The Morgan fingerprint density at radius 2 is 1.20 bits per heavy atom. The normalized spacial score (nSPS) is 12.7. The van der Waals surface area contributed by atoms with E-state index in [0.29, 0.717) is 0 Å². The van der Waals surface area contributed by atoms with Crippen LogP contribution in [-0.2, 0) is 4.57 Å². The zero-order valence-electron chi connectivity index (χ0n) is 10.7. The maximum atomic E-state index is 13.0. The van der Waals surface area contributed by atoms with Gasteiger partial charge in [0.25, 0.3) is 0 Å². The van der Waals surface area contributed by atoms with E-state index in [1.54, 1.807) is 0 Å². The van der Waals surface area contributed by atoms with Crippen molar-refractivity contribution in [1.29, 1.82) is 0 Å². The molecule has 0 spiro atoms. The van der Waals surface area contributed by atoms with Gasteiger partial charge in [0.1, 0.15) is 0 Å². The maximum absolute atomic E-state index is 13.0. The van der Waals surface area contributed by atoms with Gasteiger partial charge in [0.15, 0.2) is 0 Å². The minimum atomic E-state index is -2.21. The molecule has 0 bridgehead atoms. The summed E-state index contributed by atoms with van der Waals surface area (Å²) in [4.78, 5) is 0. The van der Waals surface area contributed by atoms with Gasteiger partial charge in [0.2, 0.25) is 0 Å². The van der Waals surface area contributed by atoms with E-state index >= 15 is 0 Å². The Labute approximate surface area is 101 Å². The third-order valence-electron chi connectivity index (χ3n) is 2.47. The Hall–Kier alpha value is 0.669. The van der Waals surface area contributed by atoms with E-state index in [2.05, 4.69) is 44.0 Å². The molecule has 0 aliphatic rings. The third-order valence-corrected chi connectivity index (χ3v) is 12.3. The van der Waals surface area contributed by atoms with Gasteiger partial charge < -0.3 is 0 Å². The molecular weight excluding hydrogens is 274 g/mol. The molecule has 0 saturated heterocycles. The van der Waals surface area contributed by atoms with Crippen molar-refractivity contribution in [3.05, 3.63) is 0 Å². The summed E-state index contributed by atoms with van der Waals surface area (Å²) in [5.74, 6) is 0. The summed E-state index contributed by atoms with van der Waals surface area (Å²) in [6.45, 7) is 14.1. The first-order valence-corrected chi connectivity index (χ1v) is 10.9. The van der Waals surface area contributed by atoms with Crippen LogP contribution in [0, 0.1) is 0 Å². The van der Waals surface area contributed by atoms with E-state index < -0.39 is 6.13 Å². The zero-order valence-corrected chi connectivity index (χ0v) is 13.3. The van der Waals surface area contributed by atoms with Crippen LogP contribution in [0.5, 0.6) is 0 Å². The molecule has 92 valence electrons. The Morgan fingerprint density at radius 3 is 1.40 bits per heavy atom. The molecule has 5 heteroatoms. The van der Waals surface area contributed by atoms with Crippen molar-refractivity contribution in [2.75, 3.05) is 26.2 Å². The average molecular weight is 299 g/mol. The second kappa shape index (κ2) is 7.86. The topological polar surface area (TPSA) is 23.6 Å². The Balaban J connectivity index is 4.92. The van der Waals surface area contributed by atoms with E-state index in [1.165, 1.54) is 0 Å². The van der Waals surface area contributed by atoms with Crippen LogP contribution in [0.4, 0.5) is 0 Å². The third kappa shape index (κ3) is 3.87. The molecule has 0 aromatic heterocycles. The molecule has 0 rings (SSSR count). The van der Waals surface area contributed by atoms with E-state index in [-0.39, 0.29) is 14.5 Å². The van der Waals surface area contributed by atoms with Crippen LogP contribution in [0.3, 0.4) is 0 Å². The SMILES string of the molecule is CC[Se]P(=O)(N(CC)CC)N(CC)CC. The van der Waals surface area contributed by atoms with Crippen molar-refractivity contribution >= 4 is 20.6 Å². The fraction of sp³-hybridized carbons (Fsp3) is 1.00. The van der Waals surface area contributed by atoms with Gasteiger partial charge in [-0.2, -0.15) is 0 Å². The van der Waals surface area contributed by atoms with Crippen molar-refractivity contribution in [2.45, 2.75) is 39.9 Å². The van der Waals surface area contributed by atoms with Crippen molar-refractivity contribution in [3.8, 4) is 0 Å². The molecule has 0 N–H and O–H groups in total. The second-order valence-corrected chi connectivity index (χ2v) is 11.4. The Morgan fingerprint density at radius 1 is 0.867 bits per heavy atom. The molecule has 0 heterocycles. The summed E-state index contributed by atoms with van der Waals surface area (Å²) in [5, 5.41) is 1.05. The summed E-state index contributed by atoms with van der Waals surface area (Å²) in [5.41, 5.74) is 0. The minimum absolute atomic E-state index is 0.227. The Bertz CT molecular complexity index is 190. The van der Waals surface area contributed by atoms with Gasteiger partial charge in [-0.1, -0.05) is 0 Å². The van der Waals surface area contributed by atoms with Crippen LogP contribution in [0.25, 0.3) is 0 Å². The monoisotopic (exact) mass is 300 g/mol. The number of rotatable bonds is 8. The molecule has 3 nitrogen and oxygen atoms in total. The second-order valence-electron chi connectivity index (χ2n) is 3.19. The van der Waals surface area contributed by atoms with Gasteiger partial charge in [-0.05, 0) is 0 Å². The van der Waals surface area contributed by atoms with Crippen LogP contribution < -0.4 is 0 Å². The van der Waals surface area contributed by atoms with Crippen LogP contribution in [0.2, 0.25) is 5.32 Å². The van der Waals surface area contributed by atoms with Gasteiger partial charge in [-0.15, -0.1) is 0 Å². The predicted octanol–water partition coefficient (Wildman–Crippen LogP) is 2.92. The van der Waals surface area contributed by atoms with E-state index in [0.717, 1.165) is 31.5 Å². The molecule has 0 saturated carbocycles. The summed E-state index contributed by atoms with van der Waals surface area (Å²) in [6, 6.07) is 0. The van der Waals surface area contributed by atoms with Crippen molar-refractivity contribution in [2.24, 2.45) is 0 Å². The fourth-order valence-electron chi connectivity index (χ4n) is 1.67. The van der Waals surface area contributed by atoms with E-state index in [1.807, 2.05) is 0 Å². The van der Waals surface area contributed by atoms with Crippen LogP contribution in [-0.4, -0.2) is 50.0 Å². The molecule has 0 amide bonds.